The van der Waals surface area contributed by atoms with E-state index in [1.807, 2.05) is 18.2 Å². The predicted octanol–water partition coefficient (Wildman–Crippen LogP) is 0.652. The molecule has 6 heteroatoms. The zero-order valence-electron chi connectivity index (χ0n) is 18.7. The summed E-state index contributed by atoms with van der Waals surface area (Å²) >= 11 is 0. The fraction of sp³-hybridized carbons (Fsp3) is 0.520. The summed E-state index contributed by atoms with van der Waals surface area (Å²) in [6.45, 7) is 11.2. The van der Waals surface area contributed by atoms with Gasteiger partial charge in [0.15, 0.2) is 11.5 Å². The SMILES string of the molecule is CC[C@@H](C)c1ccccc1OC[C@H](O)C[NH+]1CC[NH+](Cc2ccc3c(c2)OCO3)CC1. The van der Waals surface area contributed by atoms with Crippen LogP contribution < -0.4 is 24.0 Å². The van der Waals surface area contributed by atoms with Gasteiger partial charge >= 0.3 is 0 Å². The lowest BCUT2D eigenvalue weighted by molar-refractivity contribution is -1.02. The summed E-state index contributed by atoms with van der Waals surface area (Å²) in [6.07, 6.45) is 0.627. The zero-order valence-corrected chi connectivity index (χ0v) is 18.7. The molecule has 2 aromatic carbocycles. The van der Waals surface area contributed by atoms with E-state index >= 15 is 0 Å². The zero-order chi connectivity index (χ0) is 21.6. The van der Waals surface area contributed by atoms with Gasteiger partial charge in [0, 0.05) is 5.56 Å². The van der Waals surface area contributed by atoms with Crippen molar-refractivity contribution in [2.24, 2.45) is 0 Å². The molecule has 0 saturated carbocycles. The number of aliphatic hydroxyl groups is 1. The summed E-state index contributed by atoms with van der Waals surface area (Å²) in [5.74, 6) is 3.07. The van der Waals surface area contributed by atoms with Gasteiger partial charge < -0.3 is 29.1 Å². The molecule has 0 aliphatic carbocycles. The van der Waals surface area contributed by atoms with Gasteiger partial charge in [0.25, 0.3) is 0 Å². The molecule has 0 unspecified atom stereocenters. The minimum absolute atomic E-state index is 0.322. The summed E-state index contributed by atoms with van der Waals surface area (Å²) in [7, 11) is 0. The van der Waals surface area contributed by atoms with Gasteiger partial charge in [0.05, 0.1) is 0 Å². The highest BCUT2D eigenvalue weighted by molar-refractivity contribution is 5.44. The summed E-state index contributed by atoms with van der Waals surface area (Å²) in [4.78, 5) is 3.04. The Bertz CT molecular complexity index is 851. The lowest BCUT2D eigenvalue weighted by Gasteiger charge is -2.31. The Morgan fingerprint density at radius 2 is 1.74 bits per heavy atom. The minimum atomic E-state index is -0.449. The normalized spacial score (nSPS) is 22.2. The molecule has 0 bridgehead atoms. The van der Waals surface area contributed by atoms with Crippen molar-refractivity contribution < 1.29 is 29.1 Å². The highest BCUT2D eigenvalue weighted by Gasteiger charge is 2.26. The number of ether oxygens (including phenoxy) is 3. The van der Waals surface area contributed by atoms with Gasteiger partial charge in [-0.05, 0) is 42.2 Å². The molecule has 31 heavy (non-hydrogen) atoms. The maximum atomic E-state index is 10.6. The first kappa shape index (κ1) is 21.9. The van der Waals surface area contributed by atoms with Gasteiger partial charge in [0.1, 0.15) is 57.7 Å². The molecule has 2 aromatic rings. The first-order chi connectivity index (χ1) is 15.1. The van der Waals surface area contributed by atoms with Gasteiger partial charge in [-0.1, -0.05) is 32.0 Å². The van der Waals surface area contributed by atoms with Crippen LogP contribution >= 0.6 is 0 Å². The van der Waals surface area contributed by atoms with Crippen LogP contribution in [0.25, 0.3) is 0 Å². The van der Waals surface area contributed by atoms with Crippen LogP contribution in [0.4, 0.5) is 0 Å². The number of benzene rings is 2. The lowest BCUT2D eigenvalue weighted by Crippen LogP contribution is -3.28. The summed E-state index contributed by atoms with van der Waals surface area (Å²) in [5, 5.41) is 10.6. The summed E-state index contributed by atoms with van der Waals surface area (Å²) in [5.41, 5.74) is 2.52. The van der Waals surface area contributed by atoms with Crippen LogP contribution in [0.2, 0.25) is 0 Å². The van der Waals surface area contributed by atoms with Crippen molar-refractivity contribution >= 4 is 0 Å². The Balaban J connectivity index is 1.20. The second kappa shape index (κ2) is 10.4. The van der Waals surface area contributed by atoms with E-state index in [9.17, 15) is 5.11 Å². The third-order valence-electron chi connectivity index (χ3n) is 6.57. The van der Waals surface area contributed by atoms with E-state index in [1.54, 1.807) is 4.90 Å². The molecule has 0 radical (unpaired) electrons. The predicted molar refractivity (Wildman–Crippen MR) is 119 cm³/mol. The Morgan fingerprint density at radius 1 is 1.00 bits per heavy atom. The van der Waals surface area contributed by atoms with Crippen molar-refractivity contribution in [2.75, 3.05) is 46.1 Å². The maximum Gasteiger partial charge on any atom is 0.231 e. The van der Waals surface area contributed by atoms with E-state index < -0.39 is 6.10 Å². The van der Waals surface area contributed by atoms with Crippen LogP contribution in [-0.4, -0.2) is 57.3 Å². The standard InChI is InChI=1S/C25H34N2O4/c1-3-19(2)22-6-4-5-7-23(22)29-17-21(28)16-27-12-10-26(11-13-27)15-20-8-9-24-25(14-20)31-18-30-24/h4-9,14,19,21,28H,3,10-13,15-18H2,1-2H3/p+2/t19-,21-/m1/s1. The van der Waals surface area contributed by atoms with Gasteiger partial charge in [-0.3, -0.25) is 0 Å². The van der Waals surface area contributed by atoms with Crippen LogP contribution in [0.5, 0.6) is 17.2 Å². The number of hydrogen-bond donors (Lipinski definition) is 3. The van der Waals surface area contributed by atoms with E-state index in [0.717, 1.165) is 62.9 Å². The van der Waals surface area contributed by atoms with E-state index in [1.165, 1.54) is 16.0 Å². The molecular weight excluding hydrogens is 392 g/mol. The molecular formula is C25H36N2O4+2. The highest BCUT2D eigenvalue weighted by atomic mass is 16.7. The Kier molecular flexibility index (Phi) is 7.33. The first-order valence-corrected chi connectivity index (χ1v) is 11.6. The number of aliphatic hydroxyl groups excluding tert-OH is 1. The number of hydrogen-bond acceptors (Lipinski definition) is 4. The molecule has 6 nitrogen and oxygen atoms in total. The van der Waals surface area contributed by atoms with E-state index in [-0.39, 0.29) is 0 Å². The van der Waals surface area contributed by atoms with Crippen LogP contribution in [0, 0.1) is 0 Å². The van der Waals surface area contributed by atoms with Crippen molar-refractivity contribution in [1.29, 1.82) is 0 Å². The number of rotatable bonds is 9. The molecule has 1 saturated heterocycles. The largest absolute Gasteiger partial charge is 0.490 e. The Hall–Kier alpha value is -2.28. The van der Waals surface area contributed by atoms with Crippen LogP contribution in [-0.2, 0) is 6.54 Å². The molecule has 4 rings (SSSR count). The van der Waals surface area contributed by atoms with Crippen molar-refractivity contribution in [2.45, 2.75) is 38.8 Å². The molecule has 0 amide bonds. The van der Waals surface area contributed by atoms with Crippen LogP contribution in [0.1, 0.15) is 37.3 Å². The average molecular weight is 429 g/mol. The highest BCUT2D eigenvalue weighted by Crippen LogP contribution is 2.32. The number of fused-ring (bicyclic) bond motifs is 1. The van der Waals surface area contributed by atoms with Crippen LogP contribution in [0.15, 0.2) is 42.5 Å². The van der Waals surface area contributed by atoms with E-state index in [4.69, 9.17) is 14.2 Å². The Labute approximate surface area is 185 Å². The fourth-order valence-corrected chi connectivity index (χ4v) is 4.49. The van der Waals surface area contributed by atoms with Gasteiger partial charge in [-0.15, -0.1) is 0 Å². The van der Waals surface area contributed by atoms with Crippen molar-refractivity contribution in [3.05, 3.63) is 53.6 Å². The number of para-hydroxylation sites is 1. The molecule has 0 spiro atoms. The fourth-order valence-electron chi connectivity index (χ4n) is 4.49. The quantitative estimate of drug-likeness (QED) is 0.549. The molecule has 0 aromatic heterocycles. The molecule has 1 fully saturated rings. The average Bonchev–Trinajstić information content (AvgIpc) is 3.26. The number of nitrogens with one attached hydrogen (secondary N) is 2. The molecule has 2 atom stereocenters. The van der Waals surface area contributed by atoms with E-state index in [2.05, 4.69) is 38.1 Å². The number of piperazine rings is 1. The third kappa shape index (κ3) is 5.70. The molecule has 3 N–H and O–H groups in total. The second-order valence-electron chi connectivity index (χ2n) is 8.88. The molecule has 2 aliphatic rings. The van der Waals surface area contributed by atoms with Gasteiger partial charge in [-0.25, -0.2) is 0 Å². The third-order valence-corrected chi connectivity index (χ3v) is 6.57. The van der Waals surface area contributed by atoms with Crippen LogP contribution in [0.3, 0.4) is 0 Å². The van der Waals surface area contributed by atoms with Crippen molar-refractivity contribution in [3.63, 3.8) is 0 Å². The van der Waals surface area contributed by atoms with E-state index in [0.29, 0.717) is 19.3 Å². The van der Waals surface area contributed by atoms with Crippen molar-refractivity contribution in [1.82, 2.24) is 0 Å². The van der Waals surface area contributed by atoms with Crippen molar-refractivity contribution in [3.8, 4) is 17.2 Å². The topological polar surface area (TPSA) is 56.8 Å². The first-order valence-electron chi connectivity index (χ1n) is 11.6. The minimum Gasteiger partial charge on any atom is -0.490 e. The smallest absolute Gasteiger partial charge is 0.231 e. The van der Waals surface area contributed by atoms with Gasteiger partial charge in [0.2, 0.25) is 6.79 Å². The van der Waals surface area contributed by atoms with Gasteiger partial charge in [-0.2, -0.15) is 0 Å². The maximum absolute atomic E-state index is 10.6. The second-order valence-corrected chi connectivity index (χ2v) is 8.88. The number of quaternary nitrogens is 2. The monoisotopic (exact) mass is 428 g/mol. The summed E-state index contributed by atoms with van der Waals surface area (Å²) < 4.78 is 16.9. The molecule has 168 valence electrons. The molecule has 2 heterocycles. The summed E-state index contributed by atoms with van der Waals surface area (Å²) in [6, 6.07) is 14.4. The Morgan fingerprint density at radius 3 is 2.55 bits per heavy atom. The lowest BCUT2D eigenvalue weighted by atomic mass is 9.98. The molecule has 2 aliphatic heterocycles.